The molecule has 0 unspecified atom stereocenters. The number of carbonyl (C=O) groups is 1. The van der Waals surface area contributed by atoms with Crippen molar-refractivity contribution in [2.24, 2.45) is 11.3 Å². The van der Waals surface area contributed by atoms with Crippen molar-refractivity contribution in [3.8, 4) is 5.75 Å². The van der Waals surface area contributed by atoms with Gasteiger partial charge in [-0.3, -0.25) is 9.69 Å². The lowest BCUT2D eigenvalue weighted by Gasteiger charge is -2.34. The quantitative estimate of drug-likeness (QED) is 0.675. The zero-order valence-electron chi connectivity index (χ0n) is 17.4. The minimum Gasteiger partial charge on any atom is -0.494 e. The van der Waals surface area contributed by atoms with Gasteiger partial charge in [0.05, 0.1) is 18.6 Å². The average molecular weight is 403 g/mol. The molecule has 29 heavy (non-hydrogen) atoms. The normalized spacial score (nSPS) is 28.2. The first-order valence-electron chi connectivity index (χ1n) is 11.1. The van der Waals surface area contributed by atoms with E-state index in [9.17, 15) is 9.90 Å². The van der Waals surface area contributed by atoms with Gasteiger partial charge in [-0.25, -0.2) is 0 Å². The van der Waals surface area contributed by atoms with E-state index < -0.39 is 11.4 Å². The van der Waals surface area contributed by atoms with Gasteiger partial charge in [-0.05, 0) is 56.5 Å². The molecular weight excluding hydrogens is 368 g/mol. The number of likely N-dealkylation sites (tertiary alicyclic amines) is 2. The summed E-state index contributed by atoms with van der Waals surface area (Å²) in [6, 6.07) is 8.26. The molecule has 6 heteroatoms. The maximum absolute atomic E-state index is 12.0. The van der Waals surface area contributed by atoms with Crippen molar-refractivity contribution in [1.82, 2.24) is 9.80 Å². The monoisotopic (exact) mass is 402 g/mol. The van der Waals surface area contributed by atoms with Crippen LogP contribution in [0.25, 0.3) is 0 Å². The van der Waals surface area contributed by atoms with Crippen molar-refractivity contribution in [1.29, 1.82) is 0 Å². The van der Waals surface area contributed by atoms with Gasteiger partial charge in [0.15, 0.2) is 0 Å². The molecule has 3 saturated heterocycles. The van der Waals surface area contributed by atoms with Crippen molar-refractivity contribution in [2.75, 3.05) is 52.5 Å². The molecule has 0 amide bonds. The van der Waals surface area contributed by atoms with Crippen molar-refractivity contribution >= 4 is 5.97 Å². The summed E-state index contributed by atoms with van der Waals surface area (Å²) in [5.41, 5.74) is 0.541. The number of aliphatic carboxylic acids is 1. The highest BCUT2D eigenvalue weighted by molar-refractivity contribution is 5.76. The zero-order chi connectivity index (χ0) is 20.1. The van der Waals surface area contributed by atoms with Crippen molar-refractivity contribution in [3.63, 3.8) is 0 Å². The molecule has 3 aliphatic heterocycles. The molecule has 3 fully saturated rings. The van der Waals surface area contributed by atoms with Crippen LogP contribution in [0.4, 0.5) is 0 Å². The van der Waals surface area contributed by atoms with Gasteiger partial charge in [0.25, 0.3) is 0 Å². The molecular formula is C23H34N2O4. The Labute approximate surface area is 173 Å². The van der Waals surface area contributed by atoms with Gasteiger partial charge in [0, 0.05) is 38.7 Å². The van der Waals surface area contributed by atoms with Crippen LogP contribution in [0.3, 0.4) is 0 Å². The van der Waals surface area contributed by atoms with E-state index in [1.54, 1.807) is 0 Å². The standard InChI is InChI=1S/C23H34N2O4/c26-22(27)23-8-13-28-17-20(23)16-25(18-23)15-19-6-4-7-21(14-19)29-12-5-11-24-9-2-1-3-10-24/h4,6-7,14,20H,1-3,5,8-13,15-18H2,(H,26,27)/t20-,23+/m1/s1. The Morgan fingerprint density at radius 2 is 2.10 bits per heavy atom. The summed E-state index contributed by atoms with van der Waals surface area (Å²) in [4.78, 5) is 16.8. The predicted octanol–water partition coefficient (Wildman–Crippen LogP) is 2.86. The molecule has 2 atom stereocenters. The zero-order valence-corrected chi connectivity index (χ0v) is 17.4. The Hall–Kier alpha value is -1.63. The highest BCUT2D eigenvalue weighted by atomic mass is 16.5. The van der Waals surface area contributed by atoms with E-state index in [4.69, 9.17) is 9.47 Å². The highest BCUT2D eigenvalue weighted by Crippen LogP contribution is 2.42. The van der Waals surface area contributed by atoms with E-state index in [0.29, 0.717) is 26.2 Å². The fourth-order valence-electron chi connectivity index (χ4n) is 5.18. The van der Waals surface area contributed by atoms with E-state index in [1.807, 2.05) is 12.1 Å². The Morgan fingerprint density at radius 1 is 1.24 bits per heavy atom. The lowest BCUT2D eigenvalue weighted by molar-refractivity contribution is -0.157. The molecule has 1 aromatic rings. The fourth-order valence-corrected chi connectivity index (χ4v) is 5.18. The first kappa shape index (κ1) is 20.6. The molecule has 4 rings (SSSR count). The molecule has 1 aromatic carbocycles. The van der Waals surface area contributed by atoms with Crippen molar-refractivity contribution in [3.05, 3.63) is 29.8 Å². The number of nitrogens with zero attached hydrogens (tertiary/aromatic N) is 2. The topological polar surface area (TPSA) is 62.2 Å². The van der Waals surface area contributed by atoms with Crippen LogP contribution in [0.2, 0.25) is 0 Å². The lowest BCUT2D eigenvalue weighted by atomic mass is 9.74. The van der Waals surface area contributed by atoms with Gasteiger partial charge in [-0.15, -0.1) is 0 Å². The lowest BCUT2D eigenvalue weighted by Crippen LogP contribution is -2.44. The van der Waals surface area contributed by atoms with Gasteiger partial charge in [0.2, 0.25) is 0 Å². The Morgan fingerprint density at radius 3 is 2.90 bits per heavy atom. The molecule has 6 nitrogen and oxygen atoms in total. The van der Waals surface area contributed by atoms with E-state index in [0.717, 1.165) is 38.4 Å². The molecule has 3 heterocycles. The third-order valence-electron chi connectivity index (χ3n) is 6.84. The van der Waals surface area contributed by atoms with E-state index in [1.165, 1.54) is 37.9 Å². The molecule has 1 N–H and O–H groups in total. The van der Waals surface area contributed by atoms with Gasteiger partial charge < -0.3 is 19.5 Å². The van der Waals surface area contributed by atoms with Crippen LogP contribution in [-0.2, 0) is 16.1 Å². The van der Waals surface area contributed by atoms with E-state index in [-0.39, 0.29) is 5.92 Å². The summed E-state index contributed by atoms with van der Waals surface area (Å²) in [7, 11) is 0. The Bertz CT molecular complexity index is 691. The minimum absolute atomic E-state index is 0.0861. The van der Waals surface area contributed by atoms with Gasteiger partial charge in [-0.2, -0.15) is 0 Å². The van der Waals surface area contributed by atoms with E-state index in [2.05, 4.69) is 21.9 Å². The van der Waals surface area contributed by atoms with Crippen LogP contribution in [0.1, 0.15) is 37.7 Å². The summed E-state index contributed by atoms with van der Waals surface area (Å²) in [5.74, 6) is 0.330. The first-order valence-corrected chi connectivity index (χ1v) is 11.1. The number of carboxylic acids is 1. The molecule has 3 aliphatic rings. The smallest absolute Gasteiger partial charge is 0.311 e. The largest absolute Gasteiger partial charge is 0.494 e. The van der Waals surface area contributed by atoms with Gasteiger partial charge >= 0.3 is 5.97 Å². The molecule has 0 bridgehead atoms. The van der Waals surface area contributed by atoms with Crippen LogP contribution in [0, 0.1) is 11.3 Å². The summed E-state index contributed by atoms with van der Waals surface area (Å²) >= 11 is 0. The predicted molar refractivity (Wildman–Crippen MR) is 111 cm³/mol. The number of hydrogen-bond donors (Lipinski definition) is 1. The van der Waals surface area contributed by atoms with Crippen LogP contribution >= 0.6 is 0 Å². The van der Waals surface area contributed by atoms with Gasteiger partial charge in [-0.1, -0.05) is 18.6 Å². The minimum atomic E-state index is -0.668. The molecule has 0 radical (unpaired) electrons. The van der Waals surface area contributed by atoms with Crippen molar-refractivity contribution in [2.45, 2.75) is 38.6 Å². The highest BCUT2D eigenvalue weighted by Gasteiger charge is 2.53. The number of hydrogen-bond acceptors (Lipinski definition) is 5. The second-order valence-electron chi connectivity index (χ2n) is 8.90. The number of benzene rings is 1. The van der Waals surface area contributed by atoms with Crippen molar-refractivity contribution < 1.29 is 19.4 Å². The molecule has 0 saturated carbocycles. The van der Waals surface area contributed by atoms with Crippen LogP contribution in [0.15, 0.2) is 24.3 Å². The Balaban J connectivity index is 1.27. The summed E-state index contributed by atoms with van der Waals surface area (Å²) < 4.78 is 11.6. The number of fused-ring (bicyclic) bond motifs is 1. The number of ether oxygens (including phenoxy) is 2. The number of carboxylic acid groups (broad SMARTS) is 1. The SMILES string of the molecule is O=C(O)[C@]12CCOC[C@H]1CN(Cc1cccc(OCCCN3CCCCC3)c1)C2. The summed E-state index contributed by atoms with van der Waals surface area (Å²) in [5, 5.41) is 9.84. The molecule has 0 spiro atoms. The first-order chi connectivity index (χ1) is 14.2. The van der Waals surface area contributed by atoms with Gasteiger partial charge in [0.1, 0.15) is 5.75 Å². The molecule has 0 aromatic heterocycles. The molecule has 0 aliphatic carbocycles. The maximum Gasteiger partial charge on any atom is 0.311 e. The summed E-state index contributed by atoms with van der Waals surface area (Å²) in [6.07, 6.45) is 5.70. The van der Waals surface area contributed by atoms with Crippen LogP contribution in [-0.4, -0.2) is 73.4 Å². The third-order valence-corrected chi connectivity index (χ3v) is 6.84. The van der Waals surface area contributed by atoms with Crippen LogP contribution < -0.4 is 4.74 Å². The average Bonchev–Trinajstić information content (AvgIpc) is 3.12. The molecule has 160 valence electrons. The van der Waals surface area contributed by atoms with Crippen LogP contribution in [0.5, 0.6) is 5.75 Å². The second kappa shape index (κ2) is 9.45. The Kier molecular flexibility index (Phi) is 6.73. The van der Waals surface area contributed by atoms with E-state index >= 15 is 0 Å². The third kappa shape index (κ3) is 4.93. The maximum atomic E-state index is 12.0. The second-order valence-corrected chi connectivity index (χ2v) is 8.90. The number of rotatable bonds is 8. The number of piperidine rings is 1. The summed E-state index contributed by atoms with van der Waals surface area (Å²) in [6.45, 7) is 7.59. The fraction of sp³-hybridized carbons (Fsp3) is 0.696.